The van der Waals surface area contributed by atoms with Crippen LogP contribution in [0.1, 0.15) is 214 Å². The van der Waals surface area contributed by atoms with Crippen molar-refractivity contribution >= 4 is 33.6 Å². The summed E-state index contributed by atoms with van der Waals surface area (Å²) < 4.78 is 5.44. The molecule has 47 heavy (non-hydrogen) atoms. The second-order valence-electron chi connectivity index (χ2n) is 14.8. The highest BCUT2D eigenvalue weighted by Gasteiger charge is 2.24. The number of rotatable bonds is 35. The van der Waals surface area contributed by atoms with Gasteiger partial charge < -0.3 is 15.4 Å². The van der Waals surface area contributed by atoms with Gasteiger partial charge in [-0.1, -0.05) is 202 Å². The highest BCUT2D eigenvalue weighted by atomic mass is 33.1. The molecule has 0 spiro atoms. The van der Waals surface area contributed by atoms with Crippen LogP contribution < -0.4 is 10.6 Å². The molecule has 0 aliphatic carbocycles. The second kappa shape index (κ2) is 35.3. The number of unbranched alkanes of at least 4 members (excludes halogenated alkanes) is 26. The number of ether oxygens (including phenoxy) is 1. The summed E-state index contributed by atoms with van der Waals surface area (Å²) in [7, 11) is 3.50. The van der Waals surface area contributed by atoms with Gasteiger partial charge in [-0.25, -0.2) is 4.79 Å². The van der Waals surface area contributed by atoms with Gasteiger partial charge in [0, 0.05) is 18.1 Å². The third kappa shape index (κ3) is 36.5. The molecule has 280 valence electrons. The number of carbonyl (C=O) groups excluding carboxylic acids is 2. The Morgan fingerprint density at radius 3 is 1.28 bits per heavy atom. The summed E-state index contributed by atoms with van der Waals surface area (Å²) in [5.74, 6) is 1.53. The Labute approximate surface area is 301 Å². The Balaban J connectivity index is 3.96. The molecule has 5 nitrogen and oxygen atoms in total. The molecule has 1 atom stereocenters. The van der Waals surface area contributed by atoms with Crippen molar-refractivity contribution in [3.05, 3.63) is 0 Å². The first-order chi connectivity index (χ1) is 22.8. The zero-order valence-electron chi connectivity index (χ0n) is 32.0. The van der Waals surface area contributed by atoms with Crippen LogP contribution in [0, 0.1) is 0 Å². The van der Waals surface area contributed by atoms with Crippen LogP contribution >= 0.6 is 21.6 Å². The zero-order valence-corrected chi connectivity index (χ0v) is 33.7. The average molecular weight is 701 g/mol. The van der Waals surface area contributed by atoms with Gasteiger partial charge >= 0.3 is 6.09 Å². The van der Waals surface area contributed by atoms with Crippen molar-refractivity contribution in [2.45, 2.75) is 226 Å². The minimum atomic E-state index is -0.588. The number of nitrogens with one attached hydrogen (secondary N) is 2. The molecular formula is C40H80N2O3S2. The SMILES string of the molecule is CCCCCCCCCCCCCCCCNC(=O)C(CSSCCCCCCCCCCCCCCCC)NC(=O)OC(C)(C)C. The van der Waals surface area contributed by atoms with Crippen molar-refractivity contribution in [1.29, 1.82) is 0 Å². The van der Waals surface area contributed by atoms with E-state index in [1.807, 2.05) is 31.6 Å². The predicted molar refractivity (Wildman–Crippen MR) is 212 cm³/mol. The van der Waals surface area contributed by atoms with Gasteiger partial charge in [0.15, 0.2) is 0 Å². The lowest BCUT2D eigenvalue weighted by molar-refractivity contribution is -0.122. The molecular weight excluding hydrogens is 621 g/mol. The molecule has 0 aromatic carbocycles. The summed E-state index contributed by atoms with van der Waals surface area (Å²) in [6, 6.07) is -0.578. The van der Waals surface area contributed by atoms with E-state index in [2.05, 4.69) is 24.5 Å². The second-order valence-corrected chi connectivity index (χ2v) is 17.4. The van der Waals surface area contributed by atoms with E-state index in [0.29, 0.717) is 12.3 Å². The van der Waals surface area contributed by atoms with Crippen molar-refractivity contribution in [1.82, 2.24) is 10.6 Å². The smallest absolute Gasteiger partial charge is 0.408 e. The van der Waals surface area contributed by atoms with E-state index < -0.39 is 17.7 Å². The van der Waals surface area contributed by atoms with Crippen LogP contribution in [0.4, 0.5) is 4.79 Å². The Bertz CT molecular complexity index is 687. The predicted octanol–water partition coefficient (Wildman–Crippen LogP) is 13.3. The van der Waals surface area contributed by atoms with Crippen LogP contribution in [0.3, 0.4) is 0 Å². The summed E-state index contributed by atoms with van der Waals surface area (Å²) in [6.45, 7) is 10.8. The van der Waals surface area contributed by atoms with Gasteiger partial charge in [-0.05, 0) is 33.6 Å². The van der Waals surface area contributed by atoms with Crippen molar-refractivity contribution in [2.75, 3.05) is 18.1 Å². The topological polar surface area (TPSA) is 67.4 Å². The molecule has 0 aliphatic heterocycles. The summed E-state index contributed by atoms with van der Waals surface area (Å²) in [6.07, 6.45) is 37.2. The van der Waals surface area contributed by atoms with Crippen LogP contribution in [0.2, 0.25) is 0 Å². The number of alkyl carbamates (subject to hydrolysis) is 1. The largest absolute Gasteiger partial charge is 0.444 e. The van der Waals surface area contributed by atoms with E-state index in [4.69, 9.17) is 4.74 Å². The molecule has 0 bridgehead atoms. The normalized spacial score (nSPS) is 12.3. The third-order valence-electron chi connectivity index (χ3n) is 8.74. The Kier molecular flexibility index (Phi) is 34.9. The minimum Gasteiger partial charge on any atom is -0.444 e. The molecule has 0 saturated heterocycles. The van der Waals surface area contributed by atoms with E-state index in [9.17, 15) is 9.59 Å². The monoisotopic (exact) mass is 701 g/mol. The quantitative estimate of drug-likeness (QED) is 0.0509. The molecule has 0 fully saturated rings. The van der Waals surface area contributed by atoms with Crippen LogP contribution in [0.5, 0.6) is 0 Å². The minimum absolute atomic E-state index is 0.102. The first-order valence-electron chi connectivity index (χ1n) is 20.3. The third-order valence-corrected chi connectivity index (χ3v) is 11.2. The van der Waals surface area contributed by atoms with E-state index in [0.717, 1.165) is 18.6 Å². The number of hydrogen-bond donors (Lipinski definition) is 2. The fraction of sp³-hybridized carbons (Fsp3) is 0.950. The number of hydrogen-bond acceptors (Lipinski definition) is 5. The van der Waals surface area contributed by atoms with Gasteiger partial charge in [-0.2, -0.15) is 0 Å². The molecule has 0 heterocycles. The molecule has 0 aliphatic rings. The molecule has 0 aromatic heterocycles. The van der Waals surface area contributed by atoms with Crippen molar-refractivity contribution in [2.24, 2.45) is 0 Å². The number of carbonyl (C=O) groups is 2. The molecule has 0 aromatic rings. The highest BCUT2D eigenvalue weighted by Crippen LogP contribution is 2.24. The average Bonchev–Trinajstić information content (AvgIpc) is 3.02. The summed E-state index contributed by atoms with van der Waals surface area (Å²) >= 11 is 0. The van der Waals surface area contributed by atoms with E-state index in [1.54, 1.807) is 10.8 Å². The molecule has 0 rings (SSSR count). The van der Waals surface area contributed by atoms with Gasteiger partial charge in [0.05, 0.1) is 0 Å². The maximum atomic E-state index is 13.0. The molecule has 0 saturated carbocycles. The van der Waals surface area contributed by atoms with Crippen LogP contribution in [0.25, 0.3) is 0 Å². The fourth-order valence-electron chi connectivity index (χ4n) is 5.82. The zero-order chi connectivity index (χ0) is 34.7. The standard InChI is InChI=1S/C40H80N2O3S2/c1-6-8-10-12-14-16-18-20-22-24-26-28-30-32-34-41-38(43)37(42-39(44)45-40(3,4)5)36-47-46-35-33-31-29-27-25-23-21-19-17-15-13-11-9-7-2/h37H,6-36H2,1-5H3,(H,41,43)(H,42,44). The van der Waals surface area contributed by atoms with Crippen molar-refractivity contribution in [3.63, 3.8) is 0 Å². The van der Waals surface area contributed by atoms with Gasteiger partial charge in [-0.3, -0.25) is 4.79 Å². The van der Waals surface area contributed by atoms with Crippen molar-refractivity contribution in [3.8, 4) is 0 Å². The molecule has 0 radical (unpaired) electrons. The maximum absolute atomic E-state index is 13.0. The summed E-state index contributed by atoms with van der Waals surface area (Å²) in [5, 5.41) is 5.89. The Hall–Kier alpha value is -0.560. The first kappa shape index (κ1) is 46.4. The Morgan fingerprint density at radius 2 is 0.894 bits per heavy atom. The molecule has 1 unspecified atom stereocenters. The first-order valence-corrected chi connectivity index (χ1v) is 22.8. The van der Waals surface area contributed by atoms with Gasteiger partial charge in [0.2, 0.25) is 5.91 Å². The lowest BCUT2D eigenvalue weighted by atomic mass is 10.0. The molecule has 2 N–H and O–H groups in total. The maximum Gasteiger partial charge on any atom is 0.408 e. The van der Waals surface area contributed by atoms with E-state index in [1.165, 1.54) is 167 Å². The molecule has 2 amide bonds. The van der Waals surface area contributed by atoms with Gasteiger partial charge in [0.25, 0.3) is 0 Å². The van der Waals surface area contributed by atoms with Gasteiger partial charge in [-0.15, -0.1) is 0 Å². The van der Waals surface area contributed by atoms with Crippen molar-refractivity contribution < 1.29 is 14.3 Å². The summed E-state index contributed by atoms with van der Waals surface area (Å²) in [4.78, 5) is 25.4. The lowest BCUT2D eigenvalue weighted by Gasteiger charge is -2.23. The van der Waals surface area contributed by atoms with Crippen LogP contribution in [-0.2, 0) is 9.53 Å². The van der Waals surface area contributed by atoms with Crippen LogP contribution in [-0.4, -0.2) is 41.7 Å². The van der Waals surface area contributed by atoms with E-state index >= 15 is 0 Å². The number of amides is 2. The fourth-order valence-corrected chi connectivity index (χ4v) is 8.13. The Morgan fingerprint density at radius 1 is 0.532 bits per heavy atom. The lowest BCUT2D eigenvalue weighted by Crippen LogP contribution is -2.49. The summed E-state index contributed by atoms with van der Waals surface area (Å²) in [5.41, 5.74) is -0.588. The van der Waals surface area contributed by atoms with Crippen LogP contribution in [0.15, 0.2) is 0 Å². The van der Waals surface area contributed by atoms with E-state index in [-0.39, 0.29) is 5.91 Å². The molecule has 7 heteroatoms. The highest BCUT2D eigenvalue weighted by molar-refractivity contribution is 8.76. The van der Waals surface area contributed by atoms with Gasteiger partial charge in [0.1, 0.15) is 11.6 Å².